The highest BCUT2D eigenvalue weighted by molar-refractivity contribution is 5.93. The predicted octanol–water partition coefficient (Wildman–Crippen LogP) is 3.28. The van der Waals surface area contributed by atoms with Gasteiger partial charge in [-0.3, -0.25) is 14.5 Å². The molecule has 0 bridgehead atoms. The highest BCUT2D eigenvalue weighted by atomic mass is 16.2. The number of carbonyl (C=O) groups is 2. The maximum absolute atomic E-state index is 12.2. The van der Waals surface area contributed by atoms with E-state index in [1.54, 1.807) is 24.3 Å². The van der Waals surface area contributed by atoms with E-state index < -0.39 is 0 Å². The monoisotopic (exact) mass is 339 g/mol. The van der Waals surface area contributed by atoms with E-state index in [9.17, 15) is 9.59 Å². The predicted molar refractivity (Wildman–Crippen MR) is 102 cm³/mol. The Balaban J connectivity index is 1.83. The zero-order valence-corrected chi connectivity index (χ0v) is 15.0. The molecule has 2 rings (SSSR count). The molecule has 0 aromatic heterocycles. The summed E-state index contributed by atoms with van der Waals surface area (Å²) in [5.41, 5.74) is 3.91. The topological polar surface area (TPSA) is 61.4 Å². The van der Waals surface area contributed by atoms with Crippen molar-refractivity contribution in [1.82, 2.24) is 4.90 Å². The van der Waals surface area contributed by atoms with Gasteiger partial charge in [0, 0.05) is 24.8 Å². The van der Waals surface area contributed by atoms with Crippen LogP contribution in [0.4, 0.5) is 11.4 Å². The van der Waals surface area contributed by atoms with Gasteiger partial charge >= 0.3 is 0 Å². The third kappa shape index (κ3) is 6.39. The largest absolute Gasteiger partial charge is 0.326 e. The molecule has 2 aromatic carbocycles. The molecule has 0 radical (unpaired) electrons. The Bertz CT molecular complexity index is 709. The number of rotatable bonds is 7. The lowest BCUT2D eigenvalue weighted by Crippen LogP contribution is -2.29. The second-order valence-electron chi connectivity index (χ2n) is 6.15. The van der Waals surface area contributed by atoms with Gasteiger partial charge in [-0.2, -0.15) is 0 Å². The average molecular weight is 339 g/mol. The number of hydrogen-bond acceptors (Lipinski definition) is 3. The van der Waals surface area contributed by atoms with Gasteiger partial charge in [-0.25, -0.2) is 0 Å². The zero-order valence-electron chi connectivity index (χ0n) is 15.0. The molecule has 0 aliphatic rings. The number of anilines is 2. The number of aryl methyl sites for hydroxylation is 1. The molecule has 5 nitrogen and oxygen atoms in total. The van der Waals surface area contributed by atoms with Crippen LogP contribution < -0.4 is 10.6 Å². The number of benzene rings is 2. The first kappa shape index (κ1) is 18.7. The highest BCUT2D eigenvalue weighted by Crippen LogP contribution is 2.13. The van der Waals surface area contributed by atoms with E-state index in [0.717, 1.165) is 13.0 Å². The number of hydrogen-bond donors (Lipinski definition) is 2. The van der Waals surface area contributed by atoms with E-state index >= 15 is 0 Å². The fraction of sp³-hybridized carbons (Fsp3) is 0.300. The van der Waals surface area contributed by atoms with E-state index in [1.807, 2.05) is 11.9 Å². The Hall–Kier alpha value is -2.66. The molecule has 132 valence electrons. The van der Waals surface area contributed by atoms with Crippen molar-refractivity contribution < 1.29 is 9.59 Å². The summed E-state index contributed by atoms with van der Waals surface area (Å²) >= 11 is 0. The van der Waals surface area contributed by atoms with Crippen LogP contribution in [0.3, 0.4) is 0 Å². The van der Waals surface area contributed by atoms with Gasteiger partial charge in [-0.05, 0) is 48.9 Å². The number of carbonyl (C=O) groups excluding carboxylic acids is 2. The second-order valence-corrected chi connectivity index (χ2v) is 6.15. The standard InChI is InChI=1S/C20H25N3O2/c1-4-16-5-7-17(8-6-16)13-23(3)14-20(25)22-19-11-9-18(10-12-19)21-15(2)24/h5-12H,4,13-14H2,1-3H3,(H,21,24)(H,22,25). The van der Waals surface area contributed by atoms with Gasteiger partial charge in [0.15, 0.2) is 0 Å². The summed E-state index contributed by atoms with van der Waals surface area (Å²) in [6.45, 7) is 4.62. The summed E-state index contributed by atoms with van der Waals surface area (Å²) in [7, 11) is 1.92. The molecule has 0 saturated heterocycles. The van der Waals surface area contributed by atoms with Crippen LogP contribution in [-0.2, 0) is 22.6 Å². The Morgan fingerprint density at radius 2 is 1.40 bits per heavy atom. The average Bonchev–Trinajstić information content (AvgIpc) is 2.56. The molecular weight excluding hydrogens is 314 g/mol. The fourth-order valence-electron chi connectivity index (χ4n) is 2.53. The maximum atomic E-state index is 12.2. The number of likely N-dealkylation sites (N-methyl/N-ethyl adjacent to an activating group) is 1. The molecule has 5 heteroatoms. The van der Waals surface area contributed by atoms with Crippen LogP contribution in [-0.4, -0.2) is 30.3 Å². The lowest BCUT2D eigenvalue weighted by atomic mass is 10.1. The Morgan fingerprint density at radius 1 is 0.880 bits per heavy atom. The quantitative estimate of drug-likeness (QED) is 0.814. The van der Waals surface area contributed by atoms with E-state index in [2.05, 4.69) is 41.8 Å². The minimum Gasteiger partial charge on any atom is -0.326 e. The molecule has 2 aromatic rings. The summed E-state index contributed by atoms with van der Waals surface area (Å²) in [6, 6.07) is 15.5. The number of amides is 2. The zero-order chi connectivity index (χ0) is 18.2. The molecule has 2 N–H and O–H groups in total. The van der Waals surface area contributed by atoms with Gasteiger partial charge in [-0.15, -0.1) is 0 Å². The molecule has 0 heterocycles. The Labute approximate surface area is 149 Å². The molecule has 2 amide bonds. The van der Waals surface area contributed by atoms with E-state index in [-0.39, 0.29) is 11.8 Å². The van der Waals surface area contributed by atoms with Crippen LogP contribution in [0.1, 0.15) is 25.0 Å². The van der Waals surface area contributed by atoms with Crippen molar-refractivity contribution in [2.75, 3.05) is 24.2 Å². The molecule has 0 atom stereocenters. The van der Waals surface area contributed by atoms with Crippen molar-refractivity contribution >= 4 is 23.2 Å². The van der Waals surface area contributed by atoms with Gasteiger partial charge in [0.2, 0.25) is 11.8 Å². The lowest BCUT2D eigenvalue weighted by molar-refractivity contribution is -0.117. The molecule has 0 unspecified atom stereocenters. The highest BCUT2D eigenvalue weighted by Gasteiger charge is 2.08. The van der Waals surface area contributed by atoms with Crippen molar-refractivity contribution in [2.45, 2.75) is 26.8 Å². The first-order valence-electron chi connectivity index (χ1n) is 8.40. The van der Waals surface area contributed by atoms with Crippen LogP contribution in [0.15, 0.2) is 48.5 Å². The summed E-state index contributed by atoms with van der Waals surface area (Å²) < 4.78 is 0. The smallest absolute Gasteiger partial charge is 0.238 e. The van der Waals surface area contributed by atoms with Crippen LogP contribution in [0.25, 0.3) is 0 Å². The minimum absolute atomic E-state index is 0.0695. The fourth-order valence-corrected chi connectivity index (χ4v) is 2.53. The molecule has 0 aliphatic carbocycles. The lowest BCUT2D eigenvalue weighted by Gasteiger charge is -2.16. The first-order valence-corrected chi connectivity index (χ1v) is 8.40. The molecule has 0 spiro atoms. The van der Waals surface area contributed by atoms with Crippen LogP contribution in [0.2, 0.25) is 0 Å². The molecule has 0 saturated carbocycles. The number of nitrogens with zero attached hydrogens (tertiary/aromatic N) is 1. The summed E-state index contributed by atoms with van der Waals surface area (Å²) in [4.78, 5) is 25.1. The molecule has 0 fully saturated rings. The van der Waals surface area contributed by atoms with Crippen molar-refractivity contribution in [3.05, 3.63) is 59.7 Å². The summed E-state index contributed by atoms with van der Waals surface area (Å²) in [5.74, 6) is -0.190. The third-order valence-corrected chi connectivity index (χ3v) is 3.79. The van der Waals surface area contributed by atoms with Crippen LogP contribution in [0.5, 0.6) is 0 Å². The van der Waals surface area contributed by atoms with E-state index in [1.165, 1.54) is 18.1 Å². The van der Waals surface area contributed by atoms with Crippen LogP contribution in [0, 0.1) is 0 Å². The van der Waals surface area contributed by atoms with Crippen molar-refractivity contribution in [3.63, 3.8) is 0 Å². The van der Waals surface area contributed by atoms with E-state index in [0.29, 0.717) is 17.9 Å². The normalized spacial score (nSPS) is 10.6. The summed E-state index contributed by atoms with van der Waals surface area (Å²) in [6.07, 6.45) is 1.03. The molecule has 0 aliphatic heterocycles. The van der Waals surface area contributed by atoms with Crippen molar-refractivity contribution in [3.8, 4) is 0 Å². The third-order valence-electron chi connectivity index (χ3n) is 3.79. The Morgan fingerprint density at radius 3 is 1.92 bits per heavy atom. The van der Waals surface area contributed by atoms with Gasteiger partial charge in [0.05, 0.1) is 6.54 Å². The summed E-state index contributed by atoms with van der Waals surface area (Å²) in [5, 5.41) is 5.56. The Kier molecular flexibility index (Phi) is 6.71. The molecular formula is C20H25N3O2. The second kappa shape index (κ2) is 8.99. The van der Waals surface area contributed by atoms with Gasteiger partial charge in [-0.1, -0.05) is 31.2 Å². The van der Waals surface area contributed by atoms with Gasteiger partial charge in [0.1, 0.15) is 0 Å². The van der Waals surface area contributed by atoms with Crippen LogP contribution >= 0.6 is 0 Å². The van der Waals surface area contributed by atoms with Gasteiger partial charge in [0.25, 0.3) is 0 Å². The SMILES string of the molecule is CCc1ccc(CN(C)CC(=O)Nc2ccc(NC(C)=O)cc2)cc1. The maximum Gasteiger partial charge on any atom is 0.238 e. The first-order chi connectivity index (χ1) is 12.0. The van der Waals surface area contributed by atoms with Gasteiger partial charge < -0.3 is 10.6 Å². The van der Waals surface area contributed by atoms with Crippen molar-refractivity contribution in [2.24, 2.45) is 0 Å². The number of nitrogens with one attached hydrogen (secondary N) is 2. The van der Waals surface area contributed by atoms with Crippen molar-refractivity contribution in [1.29, 1.82) is 0 Å². The van der Waals surface area contributed by atoms with E-state index in [4.69, 9.17) is 0 Å². The minimum atomic E-state index is -0.120. The molecule has 25 heavy (non-hydrogen) atoms.